The summed E-state index contributed by atoms with van der Waals surface area (Å²) < 4.78 is 13.7. The van der Waals surface area contributed by atoms with Gasteiger partial charge in [-0.1, -0.05) is 42.5 Å². The van der Waals surface area contributed by atoms with Gasteiger partial charge >= 0.3 is 5.69 Å². The van der Waals surface area contributed by atoms with Crippen LogP contribution in [-0.4, -0.2) is 46.8 Å². The molecule has 10 nitrogen and oxygen atoms in total. The molecule has 1 aromatic heterocycles. The Hall–Kier alpha value is -4.70. The van der Waals surface area contributed by atoms with E-state index < -0.39 is 17.2 Å². The molecule has 1 aliphatic heterocycles. The van der Waals surface area contributed by atoms with Crippen LogP contribution in [0.4, 0.5) is 5.69 Å². The first-order valence-electron chi connectivity index (χ1n) is 14.2. The normalized spacial score (nSPS) is 14.5. The number of aromatic nitrogens is 2. The summed E-state index contributed by atoms with van der Waals surface area (Å²) in [5.41, 5.74) is 0.916. The molecule has 0 saturated carbocycles. The van der Waals surface area contributed by atoms with Crippen LogP contribution in [0, 0.1) is 0 Å². The van der Waals surface area contributed by atoms with E-state index in [1.54, 1.807) is 30.3 Å². The number of para-hydroxylation sites is 2. The second-order valence-corrected chi connectivity index (χ2v) is 10.1. The molecule has 0 radical (unpaired) electrons. The zero-order valence-corrected chi connectivity index (χ0v) is 23.5. The van der Waals surface area contributed by atoms with Crippen molar-refractivity contribution in [2.75, 3.05) is 25.1 Å². The molecule has 218 valence electrons. The first kappa shape index (κ1) is 28.8. The van der Waals surface area contributed by atoms with Gasteiger partial charge in [-0.3, -0.25) is 23.5 Å². The lowest BCUT2D eigenvalue weighted by atomic mass is 10.1. The number of benzene rings is 3. The van der Waals surface area contributed by atoms with E-state index >= 15 is 0 Å². The predicted molar refractivity (Wildman–Crippen MR) is 160 cm³/mol. The topological polar surface area (TPSA) is 121 Å². The molecule has 42 heavy (non-hydrogen) atoms. The van der Waals surface area contributed by atoms with Crippen LogP contribution >= 0.6 is 0 Å². The number of ether oxygens (including phenoxy) is 2. The molecule has 2 N–H and O–H groups in total. The van der Waals surface area contributed by atoms with Crippen LogP contribution in [0.3, 0.4) is 0 Å². The largest absolute Gasteiger partial charge is 0.492 e. The van der Waals surface area contributed by atoms with Crippen molar-refractivity contribution in [3.63, 3.8) is 0 Å². The van der Waals surface area contributed by atoms with Gasteiger partial charge in [0, 0.05) is 18.7 Å². The second-order valence-electron chi connectivity index (χ2n) is 10.1. The van der Waals surface area contributed by atoms with Crippen LogP contribution in [0.25, 0.3) is 10.9 Å². The molecule has 1 saturated heterocycles. The lowest BCUT2D eigenvalue weighted by Crippen LogP contribution is -2.43. The lowest BCUT2D eigenvalue weighted by molar-refractivity contribution is -0.116. The highest BCUT2D eigenvalue weighted by molar-refractivity contribution is 5.98. The molecule has 1 fully saturated rings. The Bertz CT molecular complexity index is 1690. The molecular weight excluding hydrogens is 536 g/mol. The number of hydrogen-bond acceptors (Lipinski definition) is 6. The highest BCUT2D eigenvalue weighted by Gasteiger charge is 2.22. The van der Waals surface area contributed by atoms with E-state index in [0.29, 0.717) is 37.6 Å². The van der Waals surface area contributed by atoms with Crippen molar-refractivity contribution in [2.45, 2.75) is 45.4 Å². The van der Waals surface area contributed by atoms with Gasteiger partial charge in [0.1, 0.15) is 12.3 Å². The number of nitrogens with one attached hydrogen (secondary N) is 2. The maximum Gasteiger partial charge on any atom is 0.332 e. The summed E-state index contributed by atoms with van der Waals surface area (Å²) in [7, 11) is 0. The van der Waals surface area contributed by atoms with Crippen molar-refractivity contribution in [1.82, 2.24) is 14.5 Å². The average Bonchev–Trinajstić information content (AvgIpc) is 3.52. The molecule has 1 atom stereocenters. The summed E-state index contributed by atoms with van der Waals surface area (Å²) in [6.45, 7) is 2.97. The number of fused-ring (bicyclic) bond motifs is 1. The number of nitrogens with zero attached hydrogens (tertiary/aromatic N) is 2. The number of amides is 2. The van der Waals surface area contributed by atoms with Gasteiger partial charge in [-0.15, -0.1) is 0 Å². The molecule has 2 heterocycles. The molecule has 1 unspecified atom stereocenters. The summed E-state index contributed by atoms with van der Waals surface area (Å²) in [6.07, 6.45) is 1.98. The second kappa shape index (κ2) is 13.3. The Balaban J connectivity index is 1.46. The van der Waals surface area contributed by atoms with E-state index in [1.807, 2.05) is 37.3 Å². The van der Waals surface area contributed by atoms with Crippen molar-refractivity contribution in [3.8, 4) is 5.75 Å². The molecule has 0 bridgehead atoms. The first-order chi connectivity index (χ1) is 20.4. The summed E-state index contributed by atoms with van der Waals surface area (Å²) in [5.74, 6) is -0.320. The summed E-state index contributed by atoms with van der Waals surface area (Å²) in [4.78, 5) is 53.5. The van der Waals surface area contributed by atoms with Crippen LogP contribution < -0.4 is 26.6 Å². The van der Waals surface area contributed by atoms with Crippen molar-refractivity contribution in [2.24, 2.45) is 0 Å². The van der Waals surface area contributed by atoms with Crippen molar-refractivity contribution < 1.29 is 19.1 Å². The SMILES string of the molecule is CCOc1ccccc1NC(=O)Cn1c(=O)n(CC2CCCO2)c(=O)c2ccc(C(=O)NCCc3ccccc3)cc21. The average molecular weight is 571 g/mol. The summed E-state index contributed by atoms with van der Waals surface area (Å²) in [5, 5.41) is 5.93. The summed E-state index contributed by atoms with van der Waals surface area (Å²) >= 11 is 0. The number of hydrogen-bond donors (Lipinski definition) is 2. The van der Waals surface area contributed by atoms with Gasteiger partial charge in [0.25, 0.3) is 11.5 Å². The Morgan fingerprint density at radius 2 is 1.79 bits per heavy atom. The smallest absolute Gasteiger partial charge is 0.332 e. The fourth-order valence-electron chi connectivity index (χ4n) is 5.12. The molecule has 5 rings (SSSR count). The zero-order chi connectivity index (χ0) is 29.5. The van der Waals surface area contributed by atoms with Gasteiger partial charge < -0.3 is 20.1 Å². The van der Waals surface area contributed by atoms with E-state index in [-0.39, 0.29) is 41.6 Å². The minimum Gasteiger partial charge on any atom is -0.492 e. The zero-order valence-electron chi connectivity index (χ0n) is 23.5. The van der Waals surface area contributed by atoms with Crippen LogP contribution in [-0.2, 0) is 29.0 Å². The standard InChI is InChI=1S/C32H34N4O6/c1-2-41-28-13-7-6-12-26(28)34-29(37)21-35-27-19-23(30(38)33-17-16-22-9-4-3-5-10-22)14-15-25(27)31(39)36(32(35)40)20-24-11-8-18-42-24/h3-7,9-10,12-15,19,24H,2,8,11,16-18,20-21H2,1H3,(H,33,38)(H,34,37). The summed E-state index contributed by atoms with van der Waals surface area (Å²) in [6, 6.07) is 21.4. The number of carbonyl (C=O) groups excluding carboxylic acids is 2. The van der Waals surface area contributed by atoms with Crippen LogP contribution in [0.1, 0.15) is 35.7 Å². The van der Waals surface area contributed by atoms with E-state index in [0.717, 1.165) is 23.0 Å². The number of carbonyl (C=O) groups is 2. The Labute approximate surface area is 242 Å². The highest BCUT2D eigenvalue weighted by atomic mass is 16.5. The highest BCUT2D eigenvalue weighted by Crippen LogP contribution is 2.24. The number of anilines is 1. The van der Waals surface area contributed by atoms with Crippen LogP contribution in [0.5, 0.6) is 5.75 Å². The molecule has 4 aromatic rings. The molecule has 2 amide bonds. The predicted octanol–water partition coefficient (Wildman–Crippen LogP) is 3.35. The maximum absolute atomic E-state index is 13.7. The molecular formula is C32H34N4O6. The van der Waals surface area contributed by atoms with Gasteiger partial charge in [-0.05, 0) is 62.1 Å². The van der Waals surface area contributed by atoms with Gasteiger partial charge in [0.15, 0.2) is 0 Å². The van der Waals surface area contributed by atoms with Crippen molar-refractivity contribution in [3.05, 3.63) is 105 Å². The van der Waals surface area contributed by atoms with Crippen LogP contribution in [0.2, 0.25) is 0 Å². The fraction of sp³-hybridized carbons (Fsp3) is 0.312. The minimum absolute atomic E-state index is 0.0874. The molecule has 3 aromatic carbocycles. The molecule has 0 spiro atoms. The monoisotopic (exact) mass is 570 g/mol. The van der Waals surface area contributed by atoms with E-state index in [2.05, 4.69) is 10.6 Å². The third-order valence-electron chi connectivity index (χ3n) is 7.20. The lowest BCUT2D eigenvalue weighted by Gasteiger charge is -2.17. The third kappa shape index (κ3) is 6.60. The molecule has 10 heteroatoms. The quantitative estimate of drug-likeness (QED) is 0.285. The van der Waals surface area contributed by atoms with Gasteiger partial charge in [-0.25, -0.2) is 4.79 Å². The third-order valence-corrected chi connectivity index (χ3v) is 7.20. The molecule has 1 aliphatic rings. The van der Waals surface area contributed by atoms with Gasteiger partial charge in [0.05, 0.1) is 35.8 Å². The van der Waals surface area contributed by atoms with Crippen LogP contribution in [0.15, 0.2) is 82.4 Å². The van der Waals surface area contributed by atoms with E-state index in [1.165, 1.54) is 16.7 Å². The number of rotatable bonds is 11. The van der Waals surface area contributed by atoms with E-state index in [4.69, 9.17) is 9.47 Å². The Kier molecular flexibility index (Phi) is 9.13. The molecule has 0 aliphatic carbocycles. The van der Waals surface area contributed by atoms with E-state index in [9.17, 15) is 19.2 Å². The minimum atomic E-state index is -0.641. The maximum atomic E-state index is 13.7. The van der Waals surface area contributed by atoms with Crippen molar-refractivity contribution >= 4 is 28.4 Å². The van der Waals surface area contributed by atoms with Gasteiger partial charge in [0.2, 0.25) is 5.91 Å². The van der Waals surface area contributed by atoms with Gasteiger partial charge in [-0.2, -0.15) is 0 Å². The fourth-order valence-corrected chi connectivity index (χ4v) is 5.12. The first-order valence-corrected chi connectivity index (χ1v) is 14.2. The van der Waals surface area contributed by atoms with Crippen molar-refractivity contribution in [1.29, 1.82) is 0 Å². The Morgan fingerprint density at radius 3 is 2.55 bits per heavy atom. The Morgan fingerprint density at radius 1 is 1.00 bits per heavy atom.